The quantitative estimate of drug-likeness (QED) is 0.788. The second-order valence-electron chi connectivity index (χ2n) is 7.65. The van der Waals surface area contributed by atoms with Crippen molar-refractivity contribution in [2.45, 2.75) is 43.8 Å². The maximum atomic E-state index is 14.9. The number of benzene rings is 1. The standard InChI is InChI=1S/C19H20F2N4O2/c20-17-13-9-24(14-3-4-16(26)23-19(14)27)8-10(13)5-15(18(17)21)25-11-1-2-12(25)7-22-6-11/h5,8-9,11-12,14,22H,1-4,6-7H2,(H,23,26,27). The van der Waals surface area contributed by atoms with E-state index >= 15 is 0 Å². The number of anilines is 1. The van der Waals surface area contributed by atoms with E-state index in [0.717, 1.165) is 25.9 Å². The zero-order valence-corrected chi connectivity index (χ0v) is 14.7. The fourth-order valence-electron chi connectivity index (χ4n) is 4.74. The fourth-order valence-corrected chi connectivity index (χ4v) is 4.74. The lowest BCUT2D eigenvalue weighted by atomic mass is 10.1. The Morgan fingerprint density at radius 3 is 2.44 bits per heavy atom. The van der Waals surface area contributed by atoms with E-state index in [4.69, 9.17) is 0 Å². The summed E-state index contributed by atoms with van der Waals surface area (Å²) in [6.07, 6.45) is 5.65. The summed E-state index contributed by atoms with van der Waals surface area (Å²) in [5.74, 6) is -2.43. The van der Waals surface area contributed by atoms with Gasteiger partial charge in [-0.1, -0.05) is 0 Å². The van der Waals surface area contributed by atoms with Gasteiger partial charge in [-0.3, -0.25) is 14.9 Å². The van der Waals surface area contributed by atoms with Crippen molar-refractivity contribution in [2.24, 2.45) is 0 Å². The number of aromatic nitrogens is 1. The molecule has 4 heterocycles. The summed E-state index contributed by atoms with van der Waals surface area (Å²) in [6.45, 7) is 1.54. The fraction of sp³-hybridized carbons (Fsp3) is 0.474. The molecule has 3 fully saturated rings. The number of nitrogens with one attached hydrogen (secondary N) is 2. The highest BCUT2D eigenvalue weighted by Gasteiger charge is 2.38. The first-order chi connectivity index (χ1) is 13.0. The second kappa shape index (κ2) is 6.02. The average Bonchev–Trinajstić information content (AvgIpc) is 3.16. The van der Waals surface area contributed by atoms with E-state index in [2.05, 4.69) is 10.6 Å². The van der Waals surface area contributed by atoms with E-state index in [0.29, 0.717) is 17.5 Å². The van der Waals surface area contributed by atoms with E-state index in [9.17, 15) is 18.4 Å². The minimum absolute atomic E-state index is 0.156. The van der Waals surface area contributed by atoms with E-state index < -0.39 is 23.6 Å². The minimum atomic E-state index is -0.883. The number of piperidine rings is 1. The Balaban J connectivity index is 1.57. The lowest BCUT2D eigenvalue weighted by Gasteiger charge is -2.37. The molecule has 1 aromatic carbocycles. The molecular weight excluding hydrogens is 354 g/mol. The van der Waals surface area contributed by atoms with Crippen LogP contribution in [0.2, 0.25) is 0 Å². The van der Waals surface area contributed by atoms with Gasteiger partial charge in [0.05, 0.1) is 5.69 Å². The van der Waals surface area contributed by atoms with E-state index in [1.54, 1.807) is 16.8 Å². The second-order valence-corrected chi connectivity index (χ2v) is 7.65. The Morgan fingerprint density at radius 1 is 1.00 bits per heavy atom. The minimum Gasteiger partial charge on any atom is -0.361 e. The molecule has 2 N–H and O–H groups in total. The zero-order valence-electron chi connectivity index (χ0n) is 14.7. The number of carbonyl (C=O) groups is 2. The Labute approximate surface area is 154 Å². The van der Waals surface area contributed by atoms with Gasteiger partial charge in [-0.2, -0.15) is 0 Å². The van der Waals surface area contributed by atoms with E-state index in [1.165, 1.54) is 6.20 Å². The van der Waals surface area contributed by atoms with Crippen LogP contribution in [0.1, 0.15) is 31.7 Å². The van der Waals surface area contributed by atoms with Gasteiger partial charge in [0, 0.05) is 54.8 Å². The Morgan fingerprint density at radius 2 is 1.74 bits per heavy atom. The van der Waals surface area contributed by atoms with Crippen LogP contribution < -0.4 is 15.5 Å². The molecule has 5 rings (SSSR count). The molecule has 2 aromatic rings. The molecule has 3 aliphatic rings. The molecular formula is C19H20F2N4O2. The van der Waals surface area contributed by atoms with Crippen LogP contribution >= 0.6 is 0 Å². The average molecular weight is 374 g/mol. The number of carbonyl (C=O) groups excluding carboxylic acids is 2. The number of imide groups is 1. The summed E-state index contributed by atoms with van der Waals surface area (Å²) in [5, 5.41) is 6.36. The normalized spacial score (nSPS) is 28.1. The highest BCUT2D eigenvalue weighted by Crippen LogP contribution is 2.38. The third-order valence-electron chi connectivity index (χ3n) is 6.05. The van der Waals surface area contributed by atoms with E-state index in [-0.39, 0.29) is 29.8 Å². The molecule has 27 heavy (non-hydrogen) atoms. The maximum Gasteiger partial charge on any atom is 0.249 e. The highest BCUT2D eigenvalue weighted by atomic mass is 19.2. The van der Waals surface area contributed by atoms with Crippen LogP contribution in [0.15, 0.2) is 18.5 Å². The number of fused-ring (bicyclic) bond motifs is 3. The summed E-state index contributed by atoms with van der Waals surface area (Å²) in [6, 6.07) is 1.45. The summed E-state index contributed by atoms with van der Waals surface area (Å²) in [4.78, 5) is 25.5. The third kappa shape index (κ3) is 2.54. The Kier molecular flexibility index (Phi) is 3.72. The van der Waals surface area contributed by atoms with Crippen molar-refractivity contribution in [1.82, 2.24) is 15.2 Å². The maximum absolute atomic E-state index is 14.9. The van der Waals surface area contributed by atoms with Crippen LogP contribution in [-0.4, -0.2) is 41.6 Å². The number of hydrogen-bond acceptors (Lipinski definition) is 4. The largest absolute Gasteiger partial charge is 0.361 e. The third-order valence-corrected chi connectivity index (χ3v) is 6.05. The molecule has 0 saturated carbocycles. The first-order valence-corrected chi connectivity index (χ1v) is 9.35. The number of piperazine rings is 1. The lowest BCUT2D eigenvalue weighted by Crippen LogP contribution is -2.52. The van der Waals surface area contributed by atoms with Gasteiger partial charge < -0.3 is 14.8 Å². The monoisotopic (exact) mass is 374 g/mol. The molecule has 0 radical (unpaired) electrons. The molecule has 142 valence electrons. The van der Waals surface area contributed by atoms with Gasteiger partial charge in [0.15, 0.2) is 11.6 Å². The smallest absolute Gasteiger partial charge is 0.249 e. The number of nitrogens with zero attached hydrogens (tertiary/aromatic N) is 2. The van der Waals surface area contributed by atoms with E-state index in [1.807, 2.05) is 4.90 Å². The van der Waals surface area contributed by atoms with Crippen molar-refractivity contribution >= 4 is 28.3 Å². The van der Waals surface area contributed by atoms with Crippen LogP contribution in [-0.2, 0) is 9.59 Å². The number of rotatable bonds is 2. The first kappa shape index (κ1) is 16.7. The number of amides is 2. The van der Waals surface area contributed by atoms with Crippen molar-refractivity contribution in [3.8, 4) is 0 Å². The van der Waals surface area contributed by atoms with Gasteiger partial charge in [0.25, 0.3) is 0 Å². The molecule has 0 spiro atoms. The van der Waals surface area contributed by atoms with Gasteiger partial charge >= 0.3 is 0 Å². The van der Waals surface area contributed by atoms with Crippen LogP contribution in [0, 0.1) is 11.6 Å². The predicted molar refractivity (Wildman–Crippen MR) is 95.4 cm³/mol. The first-order valence-electron chi connectivity index (χ1n) is 9.35. The topological polar surface area (TPSA) is 66.4 Å². The molecule has 8 heteroatoms. The van der Waals surface area contributed by atoms with Gasteiger partial charge in [-0.25, -0.2) is 8.78 Å². The van der Waals surface area contributed by atoms with Crippen LogP contribution in [0.25, 0.3) is 10.8 Å². The van der Waals surface area contributed by atoms with Gasteiger partial charge in [-0.15, -0.1) is 0 Å². The molecule has 3 unspecified atom stereocenters. The molecule has 3 saturated heterocycles. The molecule has 2 bridgehead atoms. The van der Waals surface area contributed by atoms with Crippen LogP contribution in [0.5, 0.6) is 0 Å². The zero-order chi connectivity index (χ0) is 18.7. The summed E-state index contributed by atoms with van der Waals surface area (Å²) < 4.78 is 31.3. The summed E-state index contributed by atoms with van der Waals surface area (Å²) in [5.41, 5.74) is 0.301. The van der Waals surface area contributed by atoms with Crippen molar-refractivity contribution in [1.29, 1.82) is 0 Å². The SMILES string of the molecule is O=C1CCC(n2cc3cc(N4C5CCC4CNC5)c(F)c(F)c3c2)C(=O)N1. The molecule has 6 nitrogen and oxygen atoms in total. The predicted octanol–water partition coefficient (Wildman–Crippen LogP) is 1.84. The molecule has 3 atom stereocenters. The highest BCUT2D eigenvalue weighted by molar-refractivity contribution is 6.00. The van der Waals surface area contributed by atoms with Gasteiger partial charge in [0.2, 0.25) is 11.8 Å². The van der Waals surface area contributed by atoms with Gasteiger partial charge in [-0.05, 0) is 25.3 Å². The van der Waals surface area contributed by atoms with Crippen molar-refractivity contribution in [2.75, 3.05) is 18.0 Å². The summed E-state index contributed by atoms with van der Waals surface area (Å²) >= 11 is 0. The van der Waals surface area contributed by atoms with Gasteiger partial charge in [0.1, 0.15) is 6.04 Å². The van der Waals surface area contributed by atoms with Crippen molar-refractivity contribution in [3.05, 3.63) is 30.1 Å². The van der Waals surface area contributed by atoms with Crippen molar-refractivity contribution < 1.29 is 18.4 Å². The Bertz CT molecular complexity index is 941. The molecule has 3 aliphatic heterocycles. The molecule has 0 aliphatic carbocycles. The van der Waals surface area contributed by atoms with Crippen LogP contribution in [0.4, 0.5) is 14.5 Å². The number of halogens is 2. The lowest BCUT2D eigenvalue weighted by molar-refractivity contribution is -0.135. The van der Waals surface area contributed by atoms with Crippen molar-refractivity contribution in [3.63, 3.8) is 0 Å². The Hall–Kier alpha value is -2.48. The molecule has 2 amide bonds. The van der Waals surface area contributed by atoms with Crippen LogP contribution in [0.3, 0.4) is 0 Å². The number of hydrogen-bond donors (Lipinski definition) is 2. The molecule has 1 aromatic heterocycles. The summed E-state index contributed by atoms with van der Waals surface area (Å²) in [7, 11) is 0.